The maximum atomic E-state index is 12.8. The standard InChI is InChI=1S/C18H26N2O4/c1-12(2)17(21)19-8-10-20(11-9-19)18(22)14-6-7-15(23-4)13(3)16(14)24-5/h6-7,12H,8-11H2,1-5H3. The molecule has 1 saturated heterocycles. The van der Waals surface area contributed by atoms with Crippen molar-refractivity contribution in [3.8, 4) is 11.5 Å². The summed E-state index contributed by atoms with van der Waals surface area (Å²) in [5.41, 5.74) is 1.33. The molecule has 6 nitrogen and oxygen atoms in total. The van der Waals surface area contributed by atoms with Gasteiger partial charge < -0.3 is 19.3 Å². The van der Waals surface area contributed by atoms with Crippen LogP contribution >= 0.6 is 0 Å². The molecule has 0 atom stereocenters. The number of carbonyl (C=O) groups is 2. The van der Waals surface area contributed by atoms with Crippen molar-refractivity contribution >= 4 is 11.8 Å². The molecule has 2 amide bonds. The third-order valence-corrected chi connectivity index (χ3v) is 4.38. The first-order valence-electron chi connectivity index (χ1n) is 8.20. The largest absolute Gasteiger partial charge is 0.496 e. The van der Waals surface area contributed by atoms with Crippen LogP contribution in [0, 0.1) is 12.8 Å². The van der Waals surface area contributed by atoms with Crippen LogP contribution in [0.1, 0.15) is 29.8 Å². The SMILES string of the molecule is COc1ccc(C(=O)N2CCN(C(=O)C(C)C)CC2)c(OC)c1C. The van der Waals surface area contributed by atoms with Gasteiger partial charge in [-0.2, -0.15) is 0 Å². The number of piperazine rings is 1. The predicted molar refractivity (Wildman–Crippen MR) is 91.6 cm³/mol. The summed E-state index contributed by atoms with van der Waals surface area (Å²) >= 11 is 0. The molecule has 0 N–H and O–H groups in total. The molecule has 0 aromatic heterocycles. The average Bonchev–Trinajstić information content (AvgIpc) is 2.60. The second kappa shape index (κ2) is 7.55. The number of benzene rings is 1. The van der Waals surface area contributed by atoms with Crippen LogP contribution in [0.2, 0.25) is 0 Å². The van der Waals surface area contributed by atoms with Crippen LogP contribution in [0.4, 0.5) is 0 Å². The fourth-order valence-corrected chi connectivity index (χ4v) is 2.99. The molecular weight excluding hydrogens is 308 g/mol. The Morgan fingerprint density at radius 1 is 1.00 bits per heavy atom. The fourth-order valence-electron chi connectivity index (χ4n) is 2.99. The van der Waals surface area contributed by atoms with Crippen molar-refractivity contribution < 1.29 is 19.1 Å². The van der Waals surface area contributed by atoms with Crippen molar-refractivity contribution in [1.82, 2.24) is 9.80 Å². The molecule has 1 aliphatic rings. The number of ether oxygens (including phenoxy) is 2. The van der Waals surface area contributed by atoms with Gasteiger partial charge in [0.1, 0.15) is 11.5 Å². The molecule has 6 heteroatoms. The molecule has 0 bridgehead atoms. The van der Waals surface area contributed by atoms with Crippen LogP contribution in [0.15, 0.2) is 12.1 Å². The molecule has 1 fully saturated rings. The third-order valence-electron chi connectivity index (χ3n) is 4.38. The zero-order chi connectivity index (χ0) is 17.9. The molecule has 2 rings (SSSR count). The Hall–Kier alpha value is -2.24. The van der Waals surface area contributed by atoms with Gasteiger partial charge in [-0.1, -0.05) is 13.8 Å². The highest BCUT2D eigenvalue weighted by Crippen LogP contribution is 2.32. The minimum Gasteiger partial charge on any atom is -0.496 e. The van der Waals surface area contributed by atoms with Crippen molar-refractivity contribution in [3.05, 3.63) is 23.3 Å². The third kappa shape index (κ3) is 3.47. The first-order valence-corrected chi connectivity index (χ1v) is 8.20. The molecule has 24 heavy (non-hydrogen) atoms. The van der Waals surface area contributed by atoms with Crippen LogP contribution in [0.25, 0.3) is 0 Å². The Balaban J connectivity index is 2.14. The molecular formula is C18H26N2O4. The fraction of sp³-hybridized carbons (Fsp3) is 0.556. The molecule has 0 saturated carbocycles. The van der Waals surface area contributed by atoms with Crippen molar-refractivity contribution in [3.63, 3.8) is 0 Å². The quantitative estimate of drug-likeness (QED) is 0.844. The van der Waals surface area contributed by atoms with E-state index in [1.54, 1.807) is 31.3 Å². The van der Waals surface area contributed by atoms with E-state index in [0.717, 1.165) is 5.56 Å². The first-order chi connectivity index (χ1) is 11.4. The van der Waals surface area contributed by atoms with Gasteiger partial charge in [-0.15, -0.1) is 0 Å². The van der Waals surface area contributed by atoms with E-state index in [2.05, 4.69) is 0 Å². The van der Waals surface area contributed by atoms with Gasteiger partial charge in [-0.25, -0.2) is 0 Å². The smallest absolute Gasteiger partial charge is 0.257 e. The molecule has 0 spiro atoms. The summed E-state index contributed by atoms with van der Waals surface area (Å²) in [7, 11) is 3.14. The molecule has 0 aliphatic carbocycles. The molecule has 1 heterocycles. The Labute approximate surface area is 143 Å². The van der Waals surface area contributed by atoms with Crippen LogP contribution < -0.4 is 9.47 Å². The summed E-state index contributed by atoms with van der Waals surface area (Å²) in [6.07, 6.45) is 0. The highest BCUT2D eigenvalue weighted by molar-refractivity contribution is 5.98. The molecule has 0 radical (unpaired) electrons. The second-order valence-electron chi connectivity index (χ2n) is 6.25. The number of carbonyl (C=O) groups excluding carboxylic acids is 2. The summed E-state index contributed by atoms with van der Waals surface area (Å²) < 4.78 is 10.7. The average molecular weight is 334 g/mol. The first kappa shape index (κ1) is 18.1. The predicted octanol–water partition coefficient (Wildman–Crippen LogP) is 1.95. The van der Waals surface area contributed by atoms with Gasteiger partial charge in [-0.05, 0) is 19.1 Å². The lowest BCUT2D eigenvalue weighted by molar-refractivity contribution is -0.135. The molecule has 1 aromatic carbocycles. The van der Waals surface area contributed by atoms with E-state index in [0.29, 0.717) is 43.2 Å². The minimum atomic E-state index is -0.0748. The minimum absolute atomic E-state index is 0.0171. The van der Waals surface area contributed by atoms with Crippen molar-refractivity contribution in [2.75, 3.05) is 40.4 Å². The monoisotopic (exact) mass is 334 g/mol. The van der Waals surface area contributed by atoms with Gasteiger partial charge >= 0.3 is 0 Å². The number of amides is 2. The Bertz CT molecular complexity index is 620. The number of hydrogen-bond donors (Lipinski definition) is 0. The lowest BCUT2D eigenvalue weighted by Gasteiger charge is -2.35. The van der Waals surface area contributed by atoms with E-state index in [1.165, 1.54) is 0 Å². The number of hydrogen-bond acceptors (Lipinski definition) is 4. The summed E-state index contributed by atoms with van der Waals surface area (Å²) in [6.45, 7) is 7.86. The number of methoxy groups -OCH3 is 2. The normalized spacial score (nSPS) is 14.8. The van der Waals surface area contributed by atoms with Crippen molar-refractivity contribution in [1.29, 1.82) is 0 Å². The summed E-state index contributed by atoms with van der Waals surface area (Å²) in [5, 5.41) is 0. The zero-order valence-corrected chi connectivity index (χ0v) is 15.1. The topological polar surface area (TPSA) is 59.1 Å². The van der Waals surface area contributed by atoms with Gasteiger partial charge in [0.25, 0.3) is 5.91 Å². The second-order valence-corrected chi connectivity index (χ2v) is 6.25. The number of rotatable bonds is 4. The van der Waals surface area contributed by atoms with Crippen LogP contribution in [-0.4, -0.2) is 62.0 Å². The van der Waals surface area contributed by atoms with E-state index in [4.69, 9.17) is 9.47 Å². The van der Waals surface area contributed by atoms with E-state index >= 15 is 0 Å². The zero-order valence-electron chi connectivity index (χ0n) is 15.1. The Morgan fingerprint density at radius 3 is 2.08 bits per heavy atom. The van der Waals surface area contributed by atoms with Crippen LogP contribution in [-0.2, 0) is 4.79 Å². The molecule has 1 aliphatic heterocycles. The highest BCUT2D eigenvalue weighted by Gasteiger charge is 2.28. The Morgan fingerprint density at radius 2 is 1.58 bits per heavy atom. The van der Waals surface area contributed by atoms with Gasteiger partial charge in [0.05, 0.1) is 19.8 Å². The summed E-state index contributed by atoms with van der Waals surface area (Å²) in [4.78, 5) is 28.5. The van der Waals surface area contributed by atoms with E-state index in [9.17, 15) is 9.59 Å². The van der Waals surface area contributed by atoms with Crippen molar-refractivity contribution in [2.45, 2.75) is 20.8 Å². The molecule has 132 valence electrons. The highest BCUT2D eigenvalue weighted by atomic mass is 16.5. The van der Waals surface area contributed by atoms with E-state index < -0.39 is 0 Å². The number of nitrogens with zero attached hydrogens (tertiary/aromatic N) is 2. The van der Waals surface area contributed by atoms with Gasteiger partial charge in [0.2, 0.25) is 5.91 Å². The summed E-state index contributed by atoms with van der Waals surface area (Å²) in [6, 6.07) is 3.52. The lowest BCUT2D eigenvalue weighted by Crippen LogP contribution is -2.51. The van der Waals surface area contributed by atoms with Crippen molar-refractivity contribution in [2.24, 2.45) is 5.92 Å². The van der Waals surface area contributed by atoms with Gasteiger partial charge in [0.15, 0.2) is 0 Å². The van der Waals surface area contributed by atoms with Crippen LogP contribution in [0.3, 0.4) is 0 Å². The van der Waals surface area contributed by atoms with E-state index in [-0.39, 0.29) is 17.7 Å². The Kier molecular flexibility index (Phi) is 5.70. The lowest BCUT2D eigenvalue weighted by atomic mass is 10.1. The van der Waals surface area contributed by atoms with Crippen LogP contribution in [0.5, 0.6) is 11.5 Å². The van der Waals surface area contributed by atoms with Gasteiger partial charge in [-0.3, -0.25) is 9.59 Å². The van der Waals surface area contributed by atoms with Gasteiger partial charge in [0, 0.05) is 37.7 Å². The maximum absolute atomic E-state index is 12.8. The molecule has 1 aromatic rings. The van der Waals surface area contributed by atoms with E-state index in [1.807, 2.05) is 25.7 Å². The molecule has 0 unspecified atom stereocenters. The maximum Gasteiger partial charge on any atom is 0.257 e. The summed E-state index contributed by atoms with van der Waals surface area (Å²) in [5.74, 6) is 1.28.